The molecule has 1 fully saturated rings. The first-order valence-corrected chi connectivity index (χ1v) is 8.98. The van der Waals surface area contributed by atoms with E-state index in [1.54, 1.807) is 24.3 Å². The highest BCUT2D eigenvalue weighted by atomic mass is 127. The van der Waals surface area contributed by atoms with Crippen LogP contribution in [-0.2, 0) is 10.0 Å². The summed E-state index contributed by atoms with van der Waals surface area (Å²) < 4.78 is 28.3. The third kappa shape index (κ3) is 3.90. The molecule has 4 nitrogen and oxygen atoms in total. The summed E-state index contributed by atoms with van der Waals surface area (Å²) in [6.45, 7) is 0.0415. The maximum Gasteiger partial charge on any atom is 0.240 e. The monoisotopic (exact) mass is 395 g/mol. The first-order valence-electron chi connectivity index (χ1n) is 6.41. The van der Waals surface area contributed by atoms with Crippen LogP contribution in [0, 0.1) is 9.49 Å². The van der Waals surface area contributed by atoms with Crippen molar-refractivity contribution in [2.24, 2.45) is 5.92 Å². The molecular formula is C13H18INO3S. The summed E-state index contributed by atoms with van der Waals surface area (Å²) in [5.74, 6) is 0.0346. The number of hydrogen-bond acceptors (Lipinski definition) is 3. The molecule has 2 atom stereocenters. The van der Waals surface area contributed by atoms with Gasteiger partial charge in [-0.05, 0) is 65.6 Å². The van der Waals surface area contributed by atoms with E-state index in [0.29, 0.717) is 0 Å². The SMILES string of the molecule is O=S(=O)(NC1CCCCC1CO)c1ccc(I)cc1. The molecule has 0 saturated heterocycles. The highest BCUT2D eigenvalue weighted by Crippen LogP contribution is 2.25. The second-order valence-corrected chi connectivity index (χ2v) is 7.87. The largest absolute Gasteiger partial charge is 0.396 e. The van der Waals surface area contributed by atoms with Gasteiger partial charge >= 0.3 is 0 Å². The first kappa shape index (κ1) is 15.2. The number of hydrogen-bond donors (Lipinski definition) is 2. The summed E-state index contributed by atoms with van der Waals surface area (Å²) in [6, 6.07) is 6.63. The Morgan fingerprint density at radius 2 is 1.84 bits per heavy atom. The van der Waals surface area contributed by atoms with E-state index in [1.807, 2.05) is 0 Å². The van der Waals surface area contributed by atoms with Gasteiger partial charge in [0.2, 0.25) is 10.0 Å². The Bertz CT molecular complexity index is 515. The first-order chi connectivity index (χ1) is 9.03. The van der Waals surface area contributed by atoms with Gasteiger partial charge in [-0.1, -0.05) is 12.8 Å². The molecule has 2 unspecified atom stereocenters. The zero-order valence-corrected chi connectivity index (χ0v) is 13.5. The van der Waals surface area contributed by atoms with Crippen LogP contribution in [0.5, 0.6) is 0 Å². The minimum Gasteiger partial charge on any atom is -0.396 e. The van der Waals surface area contributed by atoms with Crippen LogP contribution in [0.4, 0.5) is 0 Å². The van der Waals surface area contributed by atoms with Crippen LogP contribution < -0.4 is 4.72 Å². The zero-order valence-electron chi connectivity index (χ0n) is 10.5. The van der Waals surface area contributed by atoms with Gasteiger partial charge in [-0.3, -0.25) is 0 Å². The zero-order chi connectivity index (χ0) is 13.9. The lowest BCUT2D eigenvalue weighted by atomic mass is 9.86. The molecule has 0 radical (unpaired) electrons. The van der Waals surface area contributed by atoms with Gasteiger partial charge in [-0.25, -0.2) is 13.1 Å². The fraction of sp³-hybridized carbons (Fsp3) is 0.538. The highest BCUT2D eigenvalue weighted by molar-refractivity contribution is 14.1. The third-order valence-electron chi connectivity index (χ3n) is 3.57. The van der Waals surface area contributed by atoms with Crippen LogP contribution in [0.15, 0.2) is 29.2 Å². The maximum absolute atomic E-state index is 12.3. The molecule has 1 aliphatic carbocycles. The molecule has 0 amide bonds. The van der Waals surface area contributed by atoms with E-state index in [0.717, 1.165) is 29.3 Å². The Kier molecular flexibility index (Phi) is 5.22. The van der Waals surface area contributed by atoms with E-state index in [4.69, 9.17) is 0 Å². The van der Waals surface area contributed by atoms with Crippen molar-refractivity contribution in [3.05, 3.63) is 27.8 Å². The van der Waals surface area contributed by atoms with E-state index in [2.05, 4.69) is 27.3 Å². The minimum atomic E-state index is -3.48. The number of aliphatic hydroxyl groups excluding tert-OH is 1. The predicted molar refractivity (Wildman–Crippen MR) is 82.3 cm³/mol. The summed E-state index contributed by atoms with van der Waals surface area (Å²) in [6.07, 6.45) is 3.76. The Morgan fingerprint density at radius 3 is 2.47 bits per heavy atom. The van der Waals surface area contributed by atoms with Crippen molar-refractivity contribution < 1.29 is 13.5 Å². The normalized spacial score (nSPS) is 24.3. The molecule has 0 aromatic heterocycles. The standard InChI is InChI=1S/C13H18INO3S/c14-11-5-7-12(8-6-11)19(17,18)15-13-4-2-1-3-10(13)9-16/h5-8,10,13,15-16H,1-4,9H2. The topological polar surface area (TPSA) is 66.4 Å². The molecule has 2 N–H and O–H groups in total. The Labute approximate surface area is 127 Å². The lowest BCUT2D eigenvalue weighted by molar-refractivity contribution is 0.164. The number of sulfonamides is 1. The fourth-order valence-corrected chi connectivity index (χ4v) is 4.16. The number of aliphatic hydroxyl groups is 1. The van der Waals surface area contributed by atoms with Crippen LogP contribution in [0.2, 0.25) is 0 Å². The summed E-state index contributed by atoms with van der Waals surface area (Å²) >= 11 is 2.14. The van der Waals surface area contributed by atoms with Gasteiger partial charge < -0.3 is 5.11 Å². The smallest absolute Gasteiger partial charge is 0.240 e. The maximum atomic E-state index is 12.3. The quantitative estimate of drug-likeness (QED) is 0.768. The molecule has 0 heterocycles. The molecule has 1 aliphatic rings. The van der Waals surface area contributed by atoms with Crippen molar-refractivity contribution in [2.75, 3.05) is 6.61 Å². The van der Waals surface area contributed by atoms with Gasteiger partial charge in [0, 0.05) is 16.2 Å². The average Bonchev–Trinajstić information content (AvgIpc) is 2.39. The van der Waals surface area contributed by atoms with E-state index in [-0.39, 0.29) is 23.5 Å². The third-order valence-corrected chi connectivity index (χ3v) is 5.80. The van der Waals surface area contributed by atoms with Crippen molar-refractivity contribution in [1.82, 2.24) is 4.72 Å². The van der Waals surface area contributed by atoms with Gasteiger partial charge in [0.25, 0.3) is 0 Å². The lowest BCUT2D eigenvalue weighted by Gasteiger charge is -2.30. The van der Waals surface area contributed by atoms with Crippen LogP contribution in [0.3, 0.4) is 0 Å². The molecule has 0 spiro atoms. The molecule has 2 rings (SSSR count). The van der Waals surface area contributed by atoms with Gasteiger partial charge in [-0.15, -0.1) is 0 Å². The van der Waals surface area contributed by atoms with Crippen molar-refractivity contribution in [1.29, 1.82) is 0 Å². The summed E-state index contributed by atoms with van der Waals surface area (Å²) in [5.41, 5.74) is 0. The number of nitrogens with one attached hydrogen (secondary N) is 1. The molecular weight excluding hydrogens is 377 g/mol. The molecule has 19 heavy (non-hydrogen) atoms. The number of halogens is 1. The predicted octanol–water partition coefficient (Wildman–Crippen LogP) is 2.12. The summed E-state index contributed by atoms with van der Waals surface area (Å²) in [7, 11) is -3.48. The molecule has 106 valence electrons. The number of rotatable bonds is 4. The van der Waals surface area contributed by atoms with Gasteiger partial charge in [0.15, 0.2) is 0 Å². The van der Waals surface area contributed by atoms with Crippen molar-refractivity contribution >= 4 is 32.6 Å². The molecule has 1 aromatic carbocycles. The molecule has 1 aromatic rings. The highest BCUT2D eigenvalue weighted by Gasteiger charge is 2.28. The van der Waals surface area contributed by atoms with Crippen molar-refractivity contribution in [3.63, 3.8) is 0 Å². The molecule has 6 heteroatoms. The van der Waals surface area contributed by atoms with Crippen LogP contribution in [0.25, 0.3) is 0 Å². The molecule has 0 aliphatic heterocycles. The Hall–Kier alpha value is -0.180. The summed E-state index contributed by atoms with van der Waals surface area (Å²) in [4.78, 5) is 0.287. The van der Waals surface area contributed by atoms with Crippen LogP contribution in [0.1, 0.15) is 25.7 Å². The van der Waals surface area contributed by atoms with Crippen molar-refractivity contribution in [3.8, 4) is 0 Å². The Morgan fingerprint density at radius 1 is 1.21 bits per heavy atom. The van der Waals surface area contributed by atoms with E-state index in [9.17, 15) is 13.5 Å². The number of benzene rings is 1. The Balaban J connectivity index is 2.14. The summed E-state index contributed by atoms with van der Waals surface area (Å²) in [5, 5.41) is 9.33. The van der Waals surface area contributed by atoms with Crippen LogP contribution in [-0.4, -0.2) is 26.2 Å². The molecule has 1 saturated carbocycles. The average molecular weight is 395 g/mol. The lowest BCUT2D eigenvalue weighted by Crippen LogP contribution is -2.43. The minimum absolute atomic E-state index is 0.0346. The van der Waals surface area contributed by atoms with Gasteiger partial charge in [-0.2, -0.15) is 0 Å². The second kappa shape index (κ2) is 6.51. The van der Waals surface area contributed by atoms with Gasteiger partial charge in [0.1, 0.15) is 0 Å². The molecule has 0 bridgehead atoms. The van der Waals surface area contributed by atoms with E-state index >= 15 is 0 Å². The van der Waals surface area contributed by atoms with E-state index < -0.39 is 10.0 Å². The van der Waals surface area contributed by atoms with E-state index in [1.165, 1.54) is 0 Å². The van der Waals surface area contributed by atoms with Gasteiger partial charge in [0.05, 0.1) is 4.90 Å². The van der Waals surface area contributed by atoms with Crippen LogP contribution >= 0.6 is 22.6 Å². The van der Waals surface area contributed by atoms with Crippen molar-refractivity contribution in [2.45, 2.75) is 36.6 Å². The second-order valence-electron chi connectivity index (χ2n) is 4.91. The fourth-order valence-electron chi connectivity index (χ4n) is 2.46.